The smallest absolute Gasteiger partial charge is 0.194 e. The molecule has 144 valence electrons. The molecule has 3 aliphatic heterocycles. The minimum Gasteiger partial charge on any atom is -0.375 e. The number of hydrogen-bond donors (Lipinski definition) is 1. The van der Waals surface area contributed by atoms with Crippen LogP contribution >= 0.6 is 0 Å². The quantitative estimate of drug-likeness (QED) is 0.601. The maximum atomic E-state index is 5.98. The molecule has 0 amide bonds. The second-order valence-electron chi connectivity index (χ2n) is 7.68. The number of likely N-dealkylation sites (tertiary alicyclic amines) is 1. The van der Waals surface area contributed by atoms with Crippen LogP contribution in [0.15, 0.2) is 4.99 Å². The summed E-state index contributed by atoms with van der Waals surface area (Å²) in [5.41, 5.74) is 0. The van der Waals surface area contributed by atoms with Crippen LogP contribution in [0.2, 0.25) is 0 Å². The van der Waals surface area contributed by atoms with Gasteiger partial charge in [-0.3, -0.25) is 4.99 Å². The molecule has 3 rings (SSSR count). The van der Waals surface area contributed by atoms with E-state index in [-0.39, 0.29) is 12.2 Å². The van der Waals surface area contributed by atoms with E-state index in [0.29, 0.717) is 0 Å². The van der Waals surface area contributed by atoms with Crippen LogP contribution in [0.3, 0.4) is 0 Å². The summed E-state index contributed by atoms with van der Waals surface area (Å²) in [4.78, 5) is 9.74. The fourth-order valence-corrected chi connectivity index (χ4v) is 4.12. The lowest BCUT2D eigenvalue weighted by atomic mass is 9.94. The minimum absolute atomic E-state index is 0.189. The first-order chi connectivity index (χ1) is 12.3. The Bertz CT molecular complexity index is 418. The van der Waals surface area contributed by atoms with Crippen LogP contribution in [0, 0.1) is 5.92 Å². The van der Waals surface area contributed by atoms with Crippen molar-refractivity contribution in [3.05, 3.63) is 0 Å². The number of rotatable bonds is 5. The monoisotopic (exact) mass is 352 g/mol. The van der Waals surface area contributed by atoms with Crippen molar-refractivity contribution in [2.75, 3.05) is 59.5 Å². The van der Waals surface area contributed by atoms with Gasteiger partial charge in [0.25, 0.3) is 0 Å². The third-order valence-corrected chi connectivity index (χ3v) is 5.74. The minimum atomic E-state index is 0.189. The topological polar surface area (TPSA) is 49.3 Å². The molecule has 3 aliphatic rings. The number of nitrogens with one attached hydrogen (secondary N) is 1. The van der Waals surface area contributed by atoms with Crippen molar-refractivity contribution in [2.24, 2.45) is 10.9 Å². The molecule has 3 saturated heterocycles. The number of guanidine groups is 1. The predicted octanol–water partition coefficient (Wildman–Crippen LogP) is 1.56. The van der Waals surface area contributed by atoms with Gasteiger partial charge in [0.15, 0.2) is 5.96 Å². The van der Waals surface area contributed by atoms with Crippen LogP contribution in [0.1, 0.15) is 39.0 Å². The van der Waals surface area contributed by atoms with Crippen molar-refractivity contribution in [3.63, 3.8) is 0 Å². The maximum Gasteiger partial charge on any atom is 0.194 e. The predicted molar refractivity (Wildman–Crippen MR) is 101 cm³/mol. The Morgan fingerprint density at radius 1 is 1.08 bits per heavy atom. The normalized spacial score (nSPS) is 30.0. The fourth-order valence-electron chi connectivity index (χ4n) is 4.12. The maximum absolute atomic E-state index is 5.98. The molecule has 0 bridgehead atoms. The van der Waals surface area contributed by atoms with Gasteiger partial charge in [0, 0.05) is 32.8 Å². The van der Waals surface area contributed by atoms with Crippen LogP contribution in [0.5, 0.6) is 0 Å². The van der Waals surface area contributed by atoms with Gasteiger partial charge in [0.2, 0.25) is 0 Å². The van der Waals surface area contributed by atoms with Crippen LogP contribution in [-0.2, 0) is 9.47 Å². The van der Waals surface area contributed by atoms with Gasteiger partial charge in [0.05, 0.1) is 12.7 Å². The molecule has 2 unspecified atom stereocenters. The lowest BCUT2D eigenvalue weighted by Gasteiger charge is -2.37. The largest absolute Gasteiger partial charge is 0.375 e. The van der Waals surface area contributed by atoms with Crippen LogP contribution in [-0.4, -0.2) is 87.5 Å². The van der Waals surface area contributed by atoms with E-state index < -0.39 is 0 Å². The molecule has 0 aromatic heterocycles. The second-order valence-corrected chi connectivity index (χ2v) is 7.68. The van der Waals surface area contributed by atoms with Crippen LogP contribution < -0.4 is 5.32 Å². The zero-order valence-electron chi connectivity index (χ0n) is 16.1. The highest BCUT2D eigenvalue weighted by atomic mass is 16.5. The van der Waals surface area contributed by atoms with Gasteiger partial charge in [-0.25, -0.2) is 0 Å². The average Bonchev–Trinajstić information content (AvgIpc) is 3.17. The molecule has 0 spiro atoms. The van der Waals surface area contributed by atoms with Gasteiger partial charge in [-0.15, -0.1) is 0 Å². The van der Waals surface area contributed by atoms with Crippen molar-refractivity contribution < 1.29 is 9.47 Å². The highest BCUT2D eigenvalue weighted by Crippen LogP contribution is 2.22. The number of piperidine rings is 1. The summed E-state index contributed by atoms with van der Waals surface area (Å²) in [5.74, 6) is 1.90. The van der Waals surface area contributed by atoms with E-state index in [1.807, 2.05) is 0 Å². The molecule has 3 heterocycles. The summed E-state index contributed by atoms with van der Waals surface area (Å²) >= 11 is 0. The summed E-state index contributed by atoms with van der Waals surface area (Å²) in [6.45, 7) is 9.92. The first kappa shape index (κ1) is 18.9. The van der Waals surface area contributed by atoms with E-state index >= 15 is 0 Å². The molecule has 25 heavy (non-hydrogen) atoms. The number of hydrogen-bond acceptors (Lipinski definition) is 4. The van der Waals surface area contributed by atoms with E-state index in [1.54, 1.807) is 0 Å². The van der Waals surface area contributed by atoms with Crippen molar-refractivity contribution >= 4 is 5.96 Å². The summed E-state index contributed by atoms with van der Waals surface area (Å²) < 4.78 is 11.8. The van der Waals surface area contributed by atoms with Crippen molar-refractivity contribution in [1.29, 1.82) is 0 Å². The molecule has 0 radical (unpaired) electrons. The molecule has 3 fully saturated rings. The lowest BCUT2D eigenvalue weighted by molar-refractivity contribution is -0.0817. The fraction of sp³-hybridized carbons (Fsp3) is 0.947. The molecule has 0 aromatic carbocycles. The average molecular weight is 353 g/mol. The summed E-state index contributed by atoms with van der Waals surface area (Å²) in [7, 11) is 2.22. The summed E-state index contributed by atoms with van der Waals surface area (Å²) in [6, 6.07) is 0. The molecule has 6 nitrogen and oxygen atoms in total. The van der Waals surface area contributed by atoms with E-state index in [9.17, 15) is 0 Å². The Labute approximate surface area is 152 Å². The van der Waals surface area contributed by atoms with Gasteiger partial charge in [0.1, 0.15) is 6.10 Å². The Kier molecular flexibility index (Phi) is 7.37. The third kappa shape index (κ3) is 5.56. The molecule has 0 aromatic rings. The van der Waals surface area contributed by atoms with Gasteiger partial charge in [-0.2, -0.15) is 0 Å². The standard InChI is InChI=1S/C19H36N4O2/c1-3-20-19(21-9-6-16-7-10-22(2)11-8-16)23-12-14-25-18(15-23)17-5-4-13-24-17/h16-18H,3-15H2,1-2H3,(H,20,21). The second kappa shape index (κ2) is 9.74. The van der Waals surface area contributed by atoms with Crippen LogP contribution in [0.4, 0.5) is 0 Å². The zero-order chi connectivity index (χ0) is 17.5. The lowest BCUT2D eigenvalue weighted by Crippen LogP contribution is -2.53. The van der Waals surface area contributed by atoms with Crippen molar-refractivity contribution in [1.82, 2.24) is 15.1 Å². The third-order valence-electron chi connectivity index (χ3n) is 5.74. The van der Waals surface area contributed by atoms with Gasteiger partial charge in [-0.1, -0.05) is 0 Å². The number of nitrogens with zero attached hydrogens (tertiary/aromatic N) is 3. The Morgan fingerprint density at radius 3 is 2.60 bits per heavy atom. The van der Waals surface area contributed by atoms with Crippen molar-refractivity contribution in [2.45, 2.75) is 51.2 Å². The molecule has 6 heteroatoms. The highest BCUT2D eigenvalue weighted by Gasteiger charge is 2.32. The first-order valence-electron chi connectivity index (χ1n) is 10.2. The SMILES string of the molecule is CCNC(=NCCC1CCN(C)CC1)N1CCOC(C2CCCO2)C1. The Morgan fingerprint density at radius 2 is 1.88 bits per heavy atom. The molecule has 1 N–H and O–H groups in total. The van der Waals surface area contributed by atoms with Crippen molar-refractivity contribution in [3.8, 4) is 0 Å². The van der Waals surface area contributed by atoms with Gasteiger partial charge in [-0.05, 0) is 65.1 Å². The number of ether oxygens (including phenoxy) is 2. The van der Waals surface area contributed by atoms with E-state index in [1.165, 1.54) is 32.4 Å². The Hall–Kier alpha value is -0.850. The number of morpholine rings is 1. The van der Waals surface area contributed by atoms with Gasteiger partial charge >= 0.3 is 0 Å². The molecule has 0 saturated carbocycles. The molecular weight excluding hydrogens is 316 g/mol. The highest BCUT2D eigenvalue weighted by molar-refractivity contribution is 5.80. The van der Waals surface area contributed by atoms with E-state index in [4.69, 9.17) is 14.5 Å². The number of aliphatic imine (C=N–C) groups is 1. The molecule has 2 atom stereocenters. The first-order valence-corrected chi connectivity index (χ1v) is 10.2. The Balaban J connectivity index is 1.50. The summed E-state index contributed by atoms with van der Waals surface area (Å²) in [5, 5.41) is 3.48. The zero-order valence-corrected chi connectivity index (χ0v) is 16.1. The van der Waals surface area contributed by atoms with Gasteiger partial charge < -0.3 is 24.6 Å². The van der Waals surface area contributed by atoms with E-state index in [0.717, 1.165) is 64.1 Å². The molecule has 0 aliphatic carbocycles. The summed E-state index contributed by atoms with van der Waals surface area (Å²) in [6.07, 6.45) is 6.60. The van der Waals surface area contributed by atoms with Crippen LogP contribution in [0.25, 0.3) is 0 Å². The van der Waals surface area contributed by atoms with E-state index in [2.05, 4.69) is 29.1 Å². The molecular formula is C19H36N4O2.